The predicted molar refractivity (Wildman–Crippen MR) is 93.9 cm³/mol. The van der Waals surface area contributed by atoms with Crippen LogP contribution in [0.5, 0.6) is 5.75 Å². The van der Waals surface area contributed by atoms with Crippen molar-refractivity contribution in [3.63, 3.8) is 0 Å². The van der Waals surface area contributed by atoms with E-state index in [9.17, 15) is 14.7 Å². The Morgan fingerprint density at radius 1 is 1.38 bits per heavy atom. The second kappa shape index (κ2) is 6.14. The first-order valence-corrected chi connectivity index (χ1v) is 8.04. The number of nitrogens with zero attached hydrogens (tertiary/aromatic N) is 2. The molecule has 3 rings (SSSR count). The lowest BCUT2D eigenvalue weighted by Crippen LogP contribution is -2.27. The molecule has 2 heterocycles. The second-order valence-corrected chi connectivity index (χ2v) is 6.72. The Hall–Kier alpha value is -2.58. The monoisotopic (exact) mass is 359 g/mol. The second-order valence-electron chi connectivity index (χ2n) is 5.05. The van der Waals surface area contributed by atoms with Crippen LogP contribution in [-0.2, 0) is 11.8 Å². The molecule has 1 aliphatic heterocycles. The Labute approximate surface area is 147 Å². The third kappa shape index (κ3) is 2.81. The van der Waals surface area contributed by atoms with E-state index in [2.05, 4.69) is 0 Å². The molecule has 0 saturated carbocycles. The van der Waals surface area contributed by atoms with Gasteiger partial charge in [-0.25, -0.2) is 4.79 Å². The van der Waals surface area contributed by atoms with Crippen LogP contribution in [0, 0.1) is 0 Å². The fraction of sp³-hybridized carbons (Fsp3) is 0.0625. The lowest BCUT2D eigenvalue weighted by Gasteiger charge is -2.18. The Morgan fingerprint density at radius 3 is 2.75 bits per heavy atom. The number of aryl methyl sites for hydroxylation is 1. The number of carbonyl (C=O) groups excluding carboxylic acids is 1. The first-order valence-electron chi connectivity index (χ1n) is 6.82. The van der Waals surface area contributed by atoms with Gasteiger partial charge in [-0.15, -0.1) is 0 Å². The topological polar surface area (TPSA) is 85.6 Å². The normalized spacial score (nSPS) is 16.2. The molecule has 122 valence electrons. The van der Waals surface area contributed by atoms with Gasteiger partial charge in [0.05, 0.1) is 16.2 Å². The predicted octanol–water partition coefficient (Wildman–Crippen LogP) is 2.20. The molecule has 8 heteroatoms. The number of thioether (sulfide) groups is 1. The smallest absolute Gasteiger partial charge is 0.335 e. The number of thiocarbonyl (C=S) groups is 1. The van der Waals surface area contributed by atoms with Crippen molar-refractivity contribution >= 4 is 51.9 Å². The van der Waals surface area contributed by atoms with Gasteiger partial charge in [0, 0.05) is 18.9 Å². The van der Waals surface area contributed by atoms with Gasteiger partial charge in [-0.05, 0) is 30.3 Å². The summed E-state index contributed by atoms with van der Waals surface area (Å²) in [6.45, 7) is 0. The minimum atomic E-state index is -1.34. The van der Waals surface area contributed by atoms with E-state index in [1.165, 1.54) is 17.0 Å². The fourth-order valence-corrected chi connectivity index (χ4v) is 3.56. The first kappa shape index (κ1) is 16.3. The molecule has 1 aromatic heterocycles. The number of hydrogen-bond donors (Lipinski definition) is 1. The van der Waals surface area contributed by atoms with Crippen LogP contribution in [0.25, 0.3) is 6.08 Å². The summed E-state index contributed by atoms with van der Waals surface area (Å²) in [5.74, 6) is -2.30. The zero-order chi connectivity index (χ0) is 17.4. The van der Waals surface area contributed by atoms with Crippen molar-refractivity contribution in [3.8, 4) is 5.75 Å². The molecule has 0 radical (unpaired) electrons. The van der Waals surface area contributed by atoms with Crippen molar-refractivity contribution in [1.82, 2.24) is 4.57 Å². The van der Waals surface area contributed by atoms with Crippen LogP contribution >= 0.6 is 24.0 Å². The average Bonchev–Trinajstić information content (AvgIpc) is 3.04. The molecule has 1 amide bonds. The lowest BCUT2D eigenvalue weighted by molar-refractivity contribution is -0.268. The molecule has 0 spiro atoms. The van der Waals surface area contributed by atoms with E-state index in [0.717, 1.165) is 23.5 Å². The number of carbonyl (C=O) groups is 2. The maximum Gasteiger partial charge on any atom is 0.335 e. The summed E-state index contributed by atoms with van der Waals surface area (Å²) >= 11 is 6.37. The van der Waals surface area contributed by atoms with E-state index in [0.29, 0.717) is 4.91 Å². The number of rotatable bonds is 3. The van der Waals surface area contributed by atoms with Crippen molar-refractivity contribution < 1.29 is 19.8 Å². The van der Waals surface area contributed by atoms with Crippen LogP contribution in [0.2, 0.25) is 0 Å². The van der Waals surface area contributed by atoms with Crippen molar-refractivity contribution in [2.75, 3.05) is 4.90 Å². The van der Waals surface area contributed by atoms with Crippen LogP contribution in [0.15, 0.2) is 41.4 Å². The largest absolute Gasteiger partial charge is 0.872 e. The maximum absolute atomic E-state index is 12.6. The Bertz CT molecular complexity index is 901. The van der Waals surface area contributed by atoms with Crippen molar-refractivity contribution in [2.24, 2.45) is 7.05 Å². The van der Waals surface area contributed by atoms with E-state index < -0.39 is 17.3 Å². The van der Waals surface area contributed by atoms with Gasteiger partial charge < -0.3 is 14.8 Å². The highest BCUT2D eigenvalue weighted by Crippen LogP contribution is 2.37. The van der Waals surface area contributed by atoms with Gasteiger partial charge in [0.25, 0.3) is 5.91 Å². The molecule has 0 aliphatic carbocycles. The zero-order valence-corrected chi connectivity index (χ0v) is 14.1. The van der Waals surface area contributed by atoms with E-state index >= 15 is 0 Å². The molecule has 1 saturated heterocycles. The minimum Gasteiger partial charge on any atom is -0.872 e. The molecular weight excluding hydrogens is 348 g/mol. The SMILES string of the molecule is Cn1cccc1/C=C1/SC(=S)N(c2ccc([O-])c(C(=O)O)c2)C1=O. The summed E-state index contributed by atoms with van der Waals surface area (Å²) in [6.07, 6.45) is 3.58. The molecule has 0 unspecified atom stereocenters. The summed E-state index contributed by atoms with van der Waals surface area (Å²) in [4.78, 5) is 25.4. The number of benzene rings is 1. The van der Waals surface area contributed by atoms with Gasteiger partial charge >= 0.3 is 5.97 Å². The maximum atomic E-state index is 12.6. The van der Waals surface area contributed by atoms with Crippen LogP contribution < -0.4 is 10.0 Å². The van der Waals surface area contributed by atoms with Gasteiger partial charge in [-0.2, -0.15) is 0 Å². The molecular formula is C16H11N2O4S2-. The van der Waals surface area contributed by atoms with Gasteiger partial charge in [0.2, 0.25) is 0 Å². The first-order chi connectivity index (χ1) is 11.4. The minimum absolute atomic E-state index is 0.268. The van der Waals surface area contributed by atoms with Gasteiger partial charge in [0.1, 0.15) is 0 Å². The molecule has 1 fully saturated rings. The van der Waals surface area contributed by atoms with Gasteiger partial charge in [0.15, 0.2) is 4.32 Å². The fourth-order valence-electron chi connectivity index (χ4n) is 2.27. The number of carboxylic acids is 1. The molecule has 0 atom stereocenters. The number of carboxylic acid groups (broad SMARTS) is 1. The quantitative estimate of drug-likeness (QED) is 0.668. The molecule has 1 aromatic carbocycles. The molecule has 2 aromatic rings. The Morgan fingerprint density at radius 2 is 2.12 bits per heavy atom. The lowest BCUT2D eigenvalue weighted by atomic mass is 10.1. The van der Waals surface area contributed by atoms with Gasteiger partial charge in [-0.3, -0.25) is 9.69 Å². The number of hydrogen-bond acceptors (Lipinski definition) is 5. The van der Waals surface area contributed by atoms with Crippen LogP contribution in [0.4, 0.5) is 5.69 Å². The third-order valence-electron chi connectivity index (χ3n) is 3.51. The highest BCUT2D eigenvalue weighted by molar-refractivity contribution is 8.27. The summed E-state index contributed by atoms with van der Waals surface area (Å²) in [5.41, 5.74) is 0.717. The molecule has 24 heavy (non-hydrogen) atoms. The average molecular weight is 359 g/mol. The van der Waals surface area contributed by atoms with E-state index in [-0.39, 0.29) is 15.9 Å². The van der Waals surface area contributed by atoms with Crippen molar-refractivity contribution in [3.05, 3.63) is 52.7 Å². The number of amides is 1. The number of anilines is 1. The summed E-state index contributed by atoms with van der Waals surface area (Å²) in [7, 11) is 1.86. The summed E-state index contributed by atoms with van der Waals surface area (Å²) in [6, 6.07) is 7.41. The van der Waals surface area contributed by atoms with Crippen LogP contribution in [-0.4, -0.2) is 25.9 Å². The number of aromatic carboxylic acids is 1. The molecule has 1 aliphatic rings. The standard InChI is InChI=1S/C16H12N2O4S2/c1-17-6-2-3-9(17)8-13-14(20)18(16(23)24-13)10-4-5-12(19)11(7-10)15(21)22/h2-8,19H,1H3,(H,21,22)/p-1/b13-8+. The number of aromatic nitrogens is 1. The van der Waals surface area contributed by atoms with Crippen molar-refractivity contribution in [2.45, 2.75) is 0 Å². The van der Waals surface area contributed by atoms with E-state index in [4.69, 9.17) is 17.3 Å². The zero-order valence-electron chi connectivity index (χ0n) is 12.4. The highest BCUT2D eigenvalue weighted by atomic mass is 32.2. The Kier molecular flexibility index (Phi) is 4.16. The summed E-state index contributed by atoms with van der Waals surface area (Å²) in [5, 5.41) is 20.6. The Balaban J connectivity index is 1.99. The third-order valence-corrected chi connectivity index (χ3v) is 4.81. The molecule has 6 nitrogen and oxygen atoms in total. The molecule has 1 N–H and O–H groups in total. The van der Waals surface area contributed by atoms with Crippen LogP contribution in [0.1, 0.15) is 16.1 Å². The van der Waals surface area contributed by atoms with E-state index in [1.807, 2.05) is 29.9 Å². The highest BCUT2D eigenvalue weighted by Gasteiger charge is 2.33. The van der Waals surface area contributed by atoms with Gasteiger partial charge in [-0.1, -0.05) is 35.8 Å². The molecule has 0 bridgehead atoms. The van der Waals surface area contributed by atoms with Crippen molar-refractivity contribution in [1.29, 1.82) is 0 Å². The summed E-state index contributed by atoms with van der Waals surface area (Å²) < 4.78 is 2.15. The van der Waals surface area contributed by atoms with E-state index in [1.54, 1.807) is 6.08 Å². The van der Waals surface area contributed by atoms with Crippen LogP contribution in [0.3, 0.4) is 0 Å².